The van der Waals surface area contributed by atoms with Gasteiger partial charge in [-0.2, -0.15) is 5.10 Å². The smallest absolute Gasteiger partial charge is 0.242 e. The van der Waals surface area contributed by atoms with Gasteiger partial charge in [0.1, 0.15) is 0 Å². The molecular weight excluding hydrogens is 378 g/mol. The number of benzene rings is 2. The topological polar surface area (TPSA) is 102 Å². The summed E-state index contributed by atoms with van der Waals surface area (Å²) in [5, 5.41) is 15.4. The molecule has 0 aliphatic rings. The summed E-state index contributed by atoms with van der Waals surface area (Å²) in [5.74, 6) is -1.32. The van der Waals surface area contributed by atoms with Crippen LogP contribution in [0.1, 0.15) is 22.8 Å². The molecule has 2 aromatic carbocycles. The molecule has 0 fully saturated rings. The predicted molar refractivity (Wildman–Crippen MR) is 98.9 cm³/mol. The number of hydrogen-bond donors (Lipinski definition) is 1. The van der Waals surface area contributed by atoms with Crippen LogP contribution in [0.4, 0.5) is 5.69 Å². The van der Waals surface area contributed by atoms with E-state index >= 15 is 0 Å². The number of carbonyl (C=O) groups excluding carboxylic acids is 1. The first-order valence-corrected chi connectivity index (χ1v) is 9.29. The minimum atomic E-state index is -3.49. The molecule has 26 heavy (non-hydrogen) atoms. The Kier molecular flexibility index (Phi) is 6.01. The quantitative estimate of drug-likeness (QED) is 0.594. The first-order chi connectivity index (χ1) is 12.1. The minimum absolute atomic E-state index is 0.0250. The monoisotopic (exact) mass is 394 g/mol. The zero-order chi connectivity index (χ0) is 19.5. The molecule has 0 aliphatic heterocycles. The van der Waals surface area contributed by atoms with E-state index < -0.39 is 16.0 Å². The van der Waals surface area contributed by atoms with Gasteiger partial charge in [0.15, 0.2) is 0 Å². The first kappa shape index (κ1) is 19.9. The van der Waals surface area contributed by atoms with Gasteiger partial charge in [0.25, 0.3) is 0 Å². The van der Waals surface area contributed by atoms with Crippen LogP contribution in [-0.2, 0) is 10.0 Å². The lowest BCUT2D eigenvalue weighted by atomic mass is 10.1. The Morgan fingerprint density at radius 3 is 2.23 bits per heavy atom. The van der Waals surface area contributed by atoms with E-state index in [4.69, 9.17) is 11.6 Å². The summed E-state index contributed by atoms with van der Waals surface area (Å²) < 4.78 is 25.3. The Hall–Kier alpha value is -2.42. The molecule has 1 N–H and O–H groups in total. The number of carbonyl (C=O) groups is 1. The Morgan fingerprint density at radius 1 is 1.12 bits per heavy atom. The molecular formula is C17H17ClN3O4S-. The normalized spacial score (nSPS) is 12.3. The lowest BCUT2D eigenvalue weighted by molar-refractivity contribution is -0.255. The van der Waals surface area contributed by atoms with Crippen LogP contribution in [0.3, 0.4) is 0 Å². The molecule has 2 aromatic rings. The molecule has 0 saturated carbocycles. The summed E-state index contributed by atoms with van der Waals surface area (Å²) in [5.41, 5.74) is 4.26. The van der Waals surface area contributed by atoms with Gasteiger partial charge in [-0.25, -0.2) is 12.7 Å². The van der Waals surface area contributed by atoms with E-state index in [1.807, 2.05) is 0 Å². The van der Waals surface area contributed by atoms with E-state index in [2.05, 4.69) is 10.5 Å². The molecule has 0 aliphatic carbocycles. The highest BCUT2D eigenvalue weighted by molar-refractivity contribution is 7.89. The van der Waals surface area contributed by atoms with Crippen molar-refractivity contribution in [3.63, 3.8) is 0 Å². The molecule has 0 bridgehead atoms. The van der Waals surface area contributed by atoms with Crippen LogP contribution in [0.25, 0.3) is 0 Å². The number of aromatic carboxylic acids is 1. The molecule has 0 aromatic heterocycles. The fourth-order valence-corrected chi connectivity index (χ4v) is 3.09. The van der Waals surface area contributed by atoms with Crippen LogP contribution in [0.2, 0.25) is 5.02 Å². The van der Waals surface area contributed by atoms with Crippen molar-refractivity contribution in [2.45, 2.75) is 11.8 Å². The van der Waals surface area contributed by atoms with Crippen LogP contribution in [0.15, 0.2) is 52.5 Å². The Morgan fingerprint density at radius 2 is 1.69 bits per heavy atom. The van der Waals surface area contributed by atoms with Gasteiger partial charge in [-0.3, -0.25) is 5.43 Å². The standard InChI is InChI=1S/C17H18ClN3O4S/c1-11(12-4-7-14(8-5-12)26(24,25)21(2)3)19-20-16-10-13(17(22)23)6-9-15(16)18/h4-10,20H,1-3H3,(H,22,23)/p-1/b19-11-. The molecule has 9 heteroatoms. The molecule has 0 spiro atoms. The second kappa shape index (κ2) is 7.86. The lowest BCUT2D eigenvalue weighted by Crippen LogP contribution is -2.22. The third-order valence-corrected chi connectivity index (χ3v) is 5.76. The third-order valence-electron chi connectivity index (χ3n) is 3.60. The molecule has 0 heterocycles. The highest BCUT2D eigenvalue weighted by Gasteiger charge is 2.16. The van der Waals surface area contributed by atoms with Crippen molar-refractivity contribution in [3.8, 4) is 0 Å². The predicted octanol–water partition coefficient (Wildman–Crippen LogP) is 1.79. The number of rotatable bonds is 6. The summed E-state index contributed by atoms with van der Waals surface area (Å²) >= 11 is 6.01. The Bertz CT molecular complexity index is 954. The maximum Gasteiger partial charge on any atom is 0.242 e. The molecule has 2 rings (SSSR count). The van der Waals surface area contributed by atoms with Crippen LogP contribution >= 0.6 is 11.6 Å². The largest absolute Gasteiger partial charge is 0.545 e. The fourth-order valence-electron chi connectivity index (χ4n) is 2.03. The van der Waals surface area contributed by atoms with Crippen molar-refractivity contribution in [3.05, 3.63) is 58.6 Å². The number of nitrogens with zero attached hydrogens (tertiary/aromatic N) is 2. The van der Waals surface area contributed by atoms with Crippen molar-refractivity contribution in [1.29, 1.82) is 0 Å². The molecule has 0 atom stereocenters. The highest BCUT2D eigenvalue weighted by Crippen LogP contribution is 2.23. The van der Waals surface area contributed by atoms with E-state index in [9.17, 15) is 18.3 Å². The average molecular weight is 395 g/mol. The molecule has 0 radical (unpaired) electrons. The zero-order valence-electron chi connectivity index (χ0n) is 14.4. The van der Waals surface area contributed by atoms with E-state index in [1.165, 1.54) is 44.4 Å². The Labute approximate surface area is 157 Å². The van der Waals surface area contributed by atoms with Crippen LogP contribution < -0.4 is 10.5 Å². The summed E-state index contributed by atoms with van der Waals surface area (Å²) in [6.45, 7) is 1.72. The number of carboxylic acids is 1. The van der Waals surface area contributed by atoms with Gasteiger partial charge < -0.3 is 9.90 Å². The van der Waals surface area contributed by atoms with Gasteiger partial charge in [-0.1, -0.05) is 29.8 Å². The number of hydrogen-bond acceptors (Lipinski definition) is 6. The van der Waals surface area contributed by atoms with Crippen LogP contribution in [0.5, 0.6) is 0 Å². The first-order valence-electron chi connectivity index (χ1n) is 7.47. The van der Waals surface area contributed by atoms with Crippen molar-refractivity contribution in [1.82, 2.24) is 4.31 Å². The number of anilines is 1. The SMILES string of the molecule is C/C(=N/Nc1cc(C(=O)[O-])ccc1Cl)c1ccc(S(=O)(=O)N(C)C)cc1. The van der Waals surface area contributed by atoms with Crippen LogP contribution in [0, 0.1) is 0 Å². The summed E-state index contributed by atoms with van der Waals surface area (Å²) in [4.78, 5) is 11.1. The van der Waals surface area contributed by atoms with Crippen LogP contribution in [-0.4, -0.2) is 38.5 Å². The second-order valence-electron chi connectivity index (χ2n) is 5.60. The van der Waals surface area contributed by atoms with Gasteiger partial charge in [0.2, 0.25) is 10.0 Å². The van der Waals surface area contributed by atoms with Gasteiger partial charge in [-0.15, -0.1) is 0 Å². The fraction of sp³-hybridized carbons (Fsp3) is 0.176. The lowest BCUT2D eigenvalue weighted by Gasteiger charge is -2.12. The Balaban J connectivity index is 2.23. The van der Waals surface area contributed by atoms with E-state index in [0.29, 0.717) is 22.0 Å². The van der Waals surface area contributed by atoms with Crippen molar-refractivity contribution in [2.24, 2.45) is 5.10 Å². The second-order valence-corrected chi connectivity index (χ2v) is 8.16. The van der Waals surface area contributed by atoms with Crippen molar-refractivity contribution in [2.75, 3.05) is 19.5 Å². The van der Waals surface area contributed by atoms with E-state index in [1.54, 1.807) is 19.1 Å². The van der Waals surface area contributed by atoms with Gasteiger partial charge >= 0.3 is 0 Å². The number of hydrazone groups is 1. The molecule has 7 nitrogen and oxygen atoms in total. The zero-order valence-corrected chi connectivity index (χ0v) is 15.9. The average Bonchev–Trinajstić information content (AvgIpc) is 2.60. The van der Waals surface area contributed by atoms with E-state index in [-0.39, 0.29) is 10.5 Å². The highest BCUT2D eigenvalue weighted by atomic mass is 35.5. The number of halogens is 1. The summed E-state index contributed by atoms with van der Waals surface area (Å²) in [6.07, 6.45) is 0. The number of carboxylic acid groups (broad SMARTS) is 1. The van der Waals surface area contributed by atoms with Crippen molar-refractivity contribution < 1.29 is 18.3 Å². The molecule has 0 unspecified atom stereocenters. The van der Waals surface area contributed by atoms with Gasteiger partial charge in [0.05, 0.1) is 27.3 Å². The summed E-state index contributed by atoms with van der Waals surface area (Å²) in [6, 6.07) is 10.3. The van der Waals surface area contributed by atoms with Crippen molar-refractivity contribution >= 4 is 39.0 Å². The molecule has 0 saturated heterocycles. The number of nitrogens with one attached hydrogen (secondary N) is 1. The maximum atomic E-state index is 12.1. The molecule has 138 valence electrons. The molecule has 0 amide bonds. The van der Waals surface area contributed by atoms with Gasteiger partial charge in [-0.05, 0) is 42.3 Å². The van der Waals surface area contributed by atoms with E-state index in [0.717, 1.165) is 4.31 Å². The third kappa shape index (κ3) is 4.40. The summed E-state index contributed by atoms with van der Waals surface area (Å²) in [7, 11) is -0.569. The van der Waals surface area contributed by atoms with Gasteiger partial charge in [0, 0.05) is 14.1 Å². The minimum Gasteiger partial charge on any atom is -0.545 e. The number of sulfonamides is 1. The maximum absolute atomic E-state index is 12.1.